The van der Waals surface area contributed by atoms with Crippen LogP contribution in [0.15, 0.2) is 474 Å². The van der Waals surface area contributed by atoms with Crippen molar-refractivity contribution < 1.29 is 13.3 Å². The molecule has 15 nitrogen and oxygen atoms in total. The average molecular weight is 1780 g/mol. The zero-order valence-electron chi connectivity index (χ0n) is 74.5. The summed E-state index contributed by atoms with van der Waals surface area (Å²) in [4.78, 5) is 59.1. The third-order valence-corrected chi connectivity index (χ3v) is 25.4. The smallest absolute Gasteiger partial charge is 0.227 e. The second kappa shape index (κ2) is 35.4. The van der Waals surface area contributed by atoms with Gasteiger partial charge in [-0.1, -0.05) is 388 Å². The summed E-state index contributed by atoms with van der Waals surface area (Å²) in [6, 6.07) is 157. The molecule has 6 heterocycles. The minimum atomic E-state index is 0.617. The lowest BCUT2D eigenvalue weighted by Gasteiger charge is -2.12. The third-order valence-electron chi connectivity index (χ3n) is 25.4. The minimum absolute atomic E-state index is 0.617. The molecule has 0 saturated carbocycles. The number of benzene rings is 21. The molecule has 0 aliphatic rings. The van der Waals surface area contributed by atoms with E-state index < -0.39 is 0 Å². The van der Waals surface area contributed by atoms with Gasteiger partial charge >= 0.3 is 0 Å². The van der Waals surface area contributed by atoms with E-state index in [1.807, 2.05) is 255 Å². The van der Waals surface area contributed by atoms with E-state index in [2.05, 4.69) is 206 Å². The summed E-state index contributed by atoms with van der Waals surface area (Å²) < 4.78 is 19.2. The van der Waals surface area contributed by atoms with Gasteiger partial charge in [-0.3, -0.25) is 0 Å². The van der Waals surface area contributed by atoms with Crippen LogP contribution in [0.25, 0.3) is 268 Å². The van der Waals surface area contributed by atoms with Gasteiger partial charge in [0.25, 0.3) is 0 Å². The molecule has 27 rings (SSSR count). The second-order valence-corrected chi connectivity index (χ2v) is 34.1. The van der Waals surface area contributed by atoms with Gasteiger partial charge in [0.15, 0.2) is 69.2 Å². The summed E-state index contributed by atoms with van der Waals surface area (Å²) in [5, 5.41) is 15.3. The maximum atomic E-state index is 6.42. The van der Waals surface area contributed by atoms with Crippen molar-refractivity contribution in [3.8, 4) is 159 Å². The van der Waals surface area contributed by atoms with Crippen molar-refractivity contribution in [3.05, 3.63) is 461 Å². The Hall–Kier alpha value is -19.1. The molecule has 0 aliphatic carbocycles. The van der Waals surface area contributed by atoms with Crippen molar-refractivity contribution in [3.63, 3.8) is 0 Å². The molecule has 0 fully saturated rings. The molecule has 0 aliphatic heterocycles. The van der Waals surface area contributed by atoms with Crippen LogP contribution in [-0.4, -0.2) is 59.8 Å². The Morgan fingerprint density at radius 2 is 0.381 bits per heavy atom. The van der Waals surface area contributed by atoms with Gasteiger partial charge in [0.1, 0.15) is 16.6 Å². The molecule has 139 heavy (non-hydrogen) atoms. The summed E-state index contributed by atoms with van der Waals surface area (Å²) in [7, 11) is 0. The largest absolute Gasteiger partial charge is 0.435 e. The number of aromatic nitrogens is 12. The number of fused-ring (bicyclic) bond motifs is 16. The Bertz CT molecular complexity index is 9300. The zero-order chi connectivity index (χ0) is 92.1. The molecule has 0 spiro atoms. The molecule has 0 bridgehead atoms. The first-order valence-electron chi connectivity index (χ1n) is 46.0. The molecular weight excluding hydrogens is 1710 g/mol. The van der Waals surface area contributed by atoms with Crippen LogP contribution in [0, 0.1) is 0 Å². The molecule has 15 heteroatoms. The Kier molecular flexibility index (Phi) is 20.9. The molecule has 0 saturated heterocycles. The predicted molar refractivity (Wildman–Crippen MR) is 561 cm³/mol. The van der Waals surface area contributed by atoms with Crippen LogP contribution in [0.2, 0.25) is 0 Å². The van der Waals surface area contributed by atoms with Crippen molar-refractivity contribution in [1.82, 2.24) is 59.8 Å². The van der Waals surface area contributed by atoms with Crippen molar-refractivity contribution >= 4 is 109 Å². The molecular formula is C124H76N12O3. The second-order valence-electron chi connectivity index (χ2n) is 34.1. The van der Waals surface area contributed by atoms with Gasteiger partial charge in [0.2, 0.25) is 17.7 Å². The van der Waals surface area contributed by atoms with E-state index in [0.29, 0.717) is 70.1 Å². The fraction of sp³-hybridized carbons (Fsp3) is 0. The Morgan fingerprint density at radius 1 is 0.129 bits per heavy atom. The highest BCUT2D eigenvalue weighted by Gasteiger charge is 2.24. The van der Waals surface area contributed by atoms with Gasteiger partial charge in [0.05, 0.1) is 0 Å². The lowest BCUT2D eigenvalue weighted by atomic mass is 9.96. The molecule has 21 aromatic carbocycles. The van der Waals surface area contributed by atoms with Crippen molar-refractivity contribution in [1.29, 1.82) is 0 Å². The van der Waals surface area contributed by atoms with Crippen LogP contribution in [0.4, 0.5) is 0 Å². The lowest BCUT2D eigenvalue weighted by Crippen LogP contribution is -2.01. The topological polar surface area (TPSA) is 194 Å². The van der Waals surface area contributed by atoms with E-state index >= 15 is 0 Å². The first-order valence-corrected chi connectivity index (χ1v) is 46.0. The van der Waals surface area contributed by atoms with Gasteiger partial charge < -0.3 is 13.3 Å². The third kappa shape index (κ3) is 15.9. The normalized spacial score (nSPS) is 11.5. The first kappa shape index (κ1) is 81.8. The van der Waals surface area contributed by atoms with Gasteiger partial charge in [-0.15, -0.1) is 0 Å². The van der Waals surface area contributed by atoms with Gasteiger partial charge in [-0.05, 0) is 154 Å². The number of hydrogen-bond acceptors (Lipinski definition) is 15. The molecule has 0 N–H and O–H groups in total. The maximum absolute atomic E-state index is 6.42. The maximum Gasteiger partial charge on any atom is 0.227 e. The zero-order valence-corrected chi connectivity index (χ0v) is 74.5. The minimum Gasteiger partial charge on any atom is -0.435 e. The van der Waals surface area contributed by atoms with Gasteiger partial charge in [0, 0.05) is 82.9 Å². The molecule has 0 unspecified atom stereocenters. The molecule has 0 atom stereocenters. The summed E-state index contributed by atoms with van der Waals surface area (Å²) >= 11 is 0. The van der Waals surface area contributed by atoms with E-state index in [0.717, 1.165) is 198 Å². The van der Waals surface area contributed by atoms with Crippen LogP contribution < -0.4 is 0 Å². The highest BCUT2D eigenvalue weighted by molar-refractivity contribution is 6.21. The van der Waals surface area contributed by atoms with Crippen LogP contribution in [0.5, 0.6) is 0 Å². The molecule has 0 amide bonds. The van der Waals surface area contributed by atoms with Crippen LogP contribution in [0.1, 0.15) is 0 Å². The van der Waals surface area contributed by atoms with E-state index in [1.54, 1.807) is 0 Å². The molecule has 6 aromatic heterocycles. The lowest BCUT2D eigenvalue weighted by molar-refractivity contribution is 0.623. The monoisotopic (exact) mass is 1780 g/mol. The van der Waals surface area contributed by atoms with Crippen molar-refractivity contribution in [2.45, 2.75) is 0 Å². The summed E-state index contributed by atoms with van der Waals surface area (Å²) in [6.07, 6.45) is 0. The molecule has 650 valence electrons. The number of hydrogen-bond donors (Lipinski definition) is 0. The van der Waals surface area contributed by atoms with Gasteiger partial charge in [-0.25, -0.2) is 59.8 Å². The number of oxazole rings is 3. The molecule has 0 radical (unpaired) electrons. The first-order chi connectivity index (χ1) is 68.8. The fourth-order valence-corrected chi connectivity index (χ4v) is 18.6. The van der Waals surface area contributed by atoms with E-state index in [9.17, 15) is 0 Å². The number of rotatable bonds is 14. The van der Waals surface area contributed by atoms with Crippen molar-refractivity contribution in [2.75, 3.05) is 0 Å². The molecule has 27 aromatic rings. The fourth-order valence-electron chi connectivity index (χ4n) is 18.6. The Morgan fingerprint density at radius 3 is 0.763 bits per heavy atom. The van der Waals surface area contributed by atoms with E-state index in [-0.39, 0.29) is 0 Å². The quantitative estimate of drug-likeness (QED) is 0.0932. The Labute approximate surface area is 796 Å². The summed E-state index contributed by atoms with van der Waals surface area (Å²) in [6.45, 7) is 0. The SMILES string of the molecule is c1ccc(-c2nc(-c3ccc(-c4ccc5c(ccc6ccc7nc(-c8ccccc8)oc7c65)c4)cc3)nc(-c3ccccc3-c3ccccc3)n2)cc1.c1ccc(-c2nc(-c3ccc4c(ccc5ccc6nc(-c7ccccc7)oc6c54)c3)nc(-c3cccc4ccccc34)n2)cc1.c1ccc(-c2nc(-c3ccccc3)nc(-c3ccc4c(ccc5ccc6nc(-c7ccccc7)oc6c54)c3)n2)cc1. The highest BCUT2D eigenvalue weighted by atomic mass is 16.4. The van der Waals surface area contributed by atoms with Crippen molar-refractivity contribution in [2.24, 2.45) is 0 Å². The summed E-state index contributed by atoms with van der Waals surface area (Å²) in [5.41, 5.74) is 20.6. The van der Waals surface area contributed by atoms with E-state index in [1.165, 1.54) is 0 Å². The van der Waals surface area contributed by atoms with Crippen LogP contribution >= 0.6 is 0 Å². The predicted octanol–water partition coefficient (Wildman–Crippen LogP) is 31.4. The average Bonchev–Trinajstić information content (AvgIpc) is 1.67. The van der Waals surface area contributed by atoms with Crippen LogP contribution in [0.3, 0.4) is 0 Å². The van der Waals surface area contributed by atoms with Gasteiger partial charge in [-0.2, -0.15) is 0 Å². The summed E-state index contributed by atoms with van der Waals surface area (Å²) in [5.74, 6) is 7.58. The standard InChI is InChI=1S/C48H30N4O.C40H24N4O.C36H22N4O/c1-4-12-32(13-5-1)39-18-10-11-19-41(39)47-51-45(34-14-6-2-7-15-34)50-46(52-47)35-23-20-31(21-24-35)37-26-28-40-38(30-37)25-22-33-27-29-42-44(43(33)40)53-48(49-42)36-16-8-3-9-17-36;1-3-11-27(12-4-1)37-42-38(44-39(43-37)33-17-9-15-25-10-7-8-16-31(25)33)30-20-22-32-29(24-30)19-18-26-21-23-34-36(35(26)32)45-40(41-34)28-13-5-2-6-14-28;1-4-10-24(11-5-1)33-38-34(25-12-6-2-7-13-25)40-35(39-33)28-18-20-29-27(22-28)17-16-23-19-21-30-32(31(23)29)41-36(37-30)26-14-8-3-9-15-26/h1-30H;1-24H;1-22H. The number of nitrogens with zero attached hydrogens (tertiary/aromatic N) is 12. The van der Waals surface area contributed by atoms with Crippen LogP contribution in [-0.2, 0) is 0 Å². The Balaban J connectivity index is 0.000000111. The highest BCUT2D eigenvalue weighted by Crippen LogP contribution is 2.44. The van der Waals surface area contributed by atoms with E-state index in [4.69, 9.17) is 73.1 Å².